The van der Waals surface area contributed by atoms with Gasteiger partial charge in [-0.2, -0.15) is 5.10 Å². The second-order valence-electron chi connectivity index (χ2n) is 7.15. The Hall–Kier alpha value is -3.11. The summed E-state index contributed by atoms with van der Waals surface area (Å²) in [5.41, 5.74) is 4.83. The van der Waals surface area contributed by atoms with Crippen molar-refractivity contribution in [3.05, 3.63) is 84.2 Å². The molecule has 1 atom stereocenters. The van der Waals surface area contributed by atoms with Gasteiger partial charge in [0.25, 0.3) is 0 Å². The maximum absolute atomic E-state index is 5.33. The Morgan fingerprint density at radius 2 is 1.93 bits per heavy atom. The maximum Gasteiger partial charge on any atom is 0.119 e. The van der Waals surface area contributed by atoms with E-state index < -0.39 is 0 Å². The predicted octanol–water partition coefficient (Wildman–Crippen LogP) is 5.10. The second-order valence-corrected chi connectivity index (χ2v) is 7.15. The highest BCUT2D eigenvalue weighted by Gasteiger charge is 2.12. The van der Waals surface area contributed by atoms with Crippen LogP contribution in [0.2, 0.25) is 0 Å². The van der Waals surface area contributed by atoms with Crippen LogP contribution in [0.3, 0.4) is 0 Å². The highest BCUT2D eigenvalue weighted by molar-refractivity contribution is 5.97. The van der Waals surface area contributed by atoms with E-state index in [4.69, 9.17) is 4.74 Å². The lowest BCUT2D eigenvalue weighted by atomic mass is 9.95. The van der Waals surface area contributed by atoms with E-state index >= 15 is 0 Å². The van der Waals surface area contributed by atoms with Crippen molar-refractivity contribution in [3.63, 3.8) is 0 Å². The lowest BCUT2D eigenvalue weighted by molar-refractivity contribution is 0.414. The number of benzene rings is 3. The molecule has 0 aliphatic rings. The summed E-state index contributed by atoms with van der Waals surface area (Å²) in [5, 5.41) is 10.5. The Morgan fingerprint density at radius 1 is 1.07 bits per heavy atom. The van der Waals surface area contributed by atoms with Gasteiger partial charge in [-0.3, -0.25) is 4.68 Å². The Bertz CT molecular complexity index is 1100. The number of nitrogens with one attached hydrogen (secondary N) is 1. The molecule has 1 heterocycles. The molecule has 4 nitrogen and oxygen atoms in total. The molecule has 4 rings (SSSR count). The van der Waals surface area contributed by atoms with Crippen molar-refractivity contribution in [1.82, 2.24) is 15.1 Å². The smallest absolute Gasteiger partial charge is 0.119 e. The molecule has 1 unspecified atom stereocenters. The van der Waals surface area contributed by atoms with Crippen LogP contribution < -0.4 is 10.1 Å². The van der Waals surface area contributed by atoms with Crippen LogP contribution in [0.15, 0.2) is 73.1 Å². The van der Waals surface area contributed by atoms with E-state index in [0.29, 0.717) is 0 Å². The van der Waals surface area contributed by atoms with Gasteiger partial charge in [-0.1, -0.05) is 36.4 Å². The van der Waals surface area contributed by atoms with E-state index in [1.807, 2.05) is 30.1 Å². The quantitative estimate of drug-likeness (QED) is 0.512. The van der Waals surface area contributed by atoms with Gasteiger partial charge >= 0.3 is 0 Å². The zero-order valence-electron chi connectivity index (χ0n) is 16.5. The van der Waals surface area contributed by atoms with Gasteiger partial charge in [-0.25, -0.2) is 0 Å². The minimum Gasteiger partial charge on any atom is -0.497 e. The van der Waals surface area contributed by atoms with Gasteiger partial charge in [0, 0.05) is 31.4 Å². The summed E-state index contributed by atoms with van der Waals surface area (Å²) in [6.07, 6.45) is 4.00. The Morgan fingerprint density at radius 3 is 2.71 bits per heavy atom. The molecule has 4 aromatic rings. The monoisotopic (exact) mass is 371 g/mol. The van der Waals surface area contributed by atoms with Crippen LogP contribution in [-0.4, -0.2) is 16.9 Å². The molecule has 0 radical (unpaired) electrons. The molecule has 142 valence electrons. The number of methoxy groups -OCH3 is 1. The minimum atomic E-state index is 0.214. The molecule has 0 aliphatic heterocycles. The van der Waals surface area contributed by atoms with Crippen molar-refractivity contribution in [2.24, 2.45) is 7.05 Å². The van der Waals surface area contributed by atoms with Gasteiger partial charge in [0.1, 0.15) is 5.75 Å². The summed E-state index contributed by atoms with van der Waals surface area (Å²) in [5.74, 6) is 0.886. The molecule has 0 saturated heterocycles. The molecular weight excluding hydrogens is 346 g/mol. The first kappa shape index (κ1) is 18.3. The van der Waals surface area contributed by atoms with E-state index in [0.717, 1.165) is 17.9 Å². The first-order chi connectivity index (χ1) is 13.6. The van der Waals surface area contributed by atoms with Crippen LogP contribution in [-0.2, 0) is 13.6 Å². The molecule has 0 aliphatic carbocycles. The van der Waals surface area contributed by atoms with Crippen LogP contribution in [0.5, 0.6) is 5.75 Å². The molecule has 0 bridgehead atoms. The Labute approximate surface area is 165 Å². The third kappa shape index (κ3) is 3.78. The largest absolute Gasteiger partial charge is 0.497 e. The molecule has 28 heavy (non-hydrogen) atoms. The minimum absolute atomic E-state index is 0.214. The highest BCUT2D eigenvalue weighted by Crippen LogP contribution is 2.32. The standard InChI is InChI=1S/C24H25N3O/c1-17(25-14-18-7-6-9-22(11-18)28-3)20-12-19-8-4-5-10-23(19)24(13-20)21-15-26-27(2)16-21/h4-13,15-17,25H,14H2,1-3H3. The first-order valence-corrected chi connectivity index (χ1v) is 9.52. The number of fused-ring (bicyclic) bond motifs is 1. The van der Waals surface area contributed by atoms with Crippen molar-refractivity contribution in [2.75, 3.05) is 7.11 Å². The molecule has 0 spiro atoms. The van der Waals surface area contributed by atoms with Crippen LogP contribution in [0.25, 0.3) is 21.9 Å². The molecule has 4 heteroatoms. The molecular formula is C24H25N3O. The summed E-state index contributed by atoms with van der Waals surface area (Å²) in [4.78, 5) is 0. The van der Waals surface area contributed by atoms with E-state index in [-0.39, 0.29) is 6.04 Å². The summed E-state index contributed by atoms with van der Waals surface area (Å²) < 4.78 is 7.17. The topological polar surface area (TPSA) is 39.1 Å². The zero-order chi connectivity index (χ0) is 19.5. The summed E-state index contributed by atoms with van der Waals surface area (Å²) in [6.45, 7) is 2.99. The number of aromatic nitrogens is 2. The first-order valence-electron chi connectivity index (χ1n) is 9.52. The normalized spacial score (nSPS) is 12.2. The van der Waals surface area contributed by atoms with Crippen LogP contribution in [0.4, 0.5) is 0 Å². The van der Waals surface area contributed by atoms with Crippen molar-refractivity contribution in [1.29, 1.82) is 0 Å². The molecule has 3 aromatic carbocycles. The predicted molar refractivity (Wildman–Crippen MR) is 114 cm³/mol. The fourth-order valence-electron chi connectivity index (χ4n) is 3.55. The summed E-state index contributed by atoms with van der Waals surface area (Å²) in [7, 11) is 3.65. The molecule has 1 aromatic heterocycles. The van der Waals surface area contributed by atoms with Gasteiger partial charge < -0.3 is 10.1 Å². The average molecular weight is 371 g/mol. The van der Waals surface area contributed by atoms with Gasteiger partial charge in [0.2, 0.25) is 0 Å². The van der Waals surface area contributed by atoms with Crippen LogP contribution in [0, 0.1) is 0 Å². The molecule has 0 fully saturated rings. The van der Waals surface area contributed by atoms with Gasteiger partial charge in [-0.05, 0) is 58.7 Å². The van der Waals surface area contributed by atoms with Crippen LogP contribution >= 0.6 is 0 Å². The number of rotatable bonds is 6. The Kier molecular flexibility index (Phi) is 5.13. The third-order valence-electron chi connectivity index (χ3n) is 5.15. The van der Waals surface area contributed by atoms with Crippen molar-refractivity contribution in [3.8, 4) is 16.9 Å². The third-order valence-corrected chi connectivity index (χ3v) is 5.15. The number of hydrogen-bond donors (Lipinski definition) is 1. The average Bonchev–Trinajstić information content (AvgIpc) is 3.17. The molecule has 1 N–H and O–H groups in total. The Balaban J connectivity index is 1.64. The zero-order valence-corrected chi connectivity index (χ0v) is 16.5. The number of hydrogen-bond acceptors (Lipinski definition) is 3. The maximum atomic E-state index is 5.33. The van der Waals surface area contributed by atoms with Gasteiger partial charge in [0.15, 0.2) is 0 Å². The van der Waals surface area contributed by atoms with E-state index in [1.54, 1.807) is 7.11 Å². The highest BCUT2D eigenvalue weighted by atomic mass is 16.5. The summed E-state index contributed by atoms with van der Waals surface area (Å²) in [6, 6.07) is 21.5. The fourth-order valence-corrected chi connectivity index (χ4v) is 3.55. The van der Waals surface area contributed by atoms with E-state index in [2.05, 4.69) is 72.1 Å². The summed E-state index contributed by atoms with van der Waals surface area (Å²) >= 11 is 0. The number of ether oxygens (including phenoxy) is 1. The van der Waals surface area contributed by atoms with Crippen molar-refractivity contribution >= 4 is 10.8 Å². The lowest BCUT2D eigenvalue weighted by Crippen LogP contribution is -2.18. The van der Waals surface area contributed by atoms with Gasteiger partial charge in [-0.15, -0.1) is 0 Å². The number of nitrogens with zero attached hydrogens (tertiary/aromatic N) is 2. The SMILES string of the molecule is COc1cccc(CNC(C)c2cc(-c3cnn(C)c3)c3ccccc3c2)c1. The van der Waals surface area contributed by atoms with Crippen molar-refractivity contribution in [2.45, 2.75) is 19.5 Å². The van der Waals surface area contributed by atoms with Crippen molar-refractivity contribution < 1.29 is 4.74 Å². The fraction of sp³-hybridized carbons (Fsp3) is 0.208. The number of aryl methyl sites for hydroxylation is 1. The second kappa shape index (κ2) is 7.87. The van der Waals surface area contributed by atoms with E-state index in [1.165, 1.54) is 27.5 Å². The molecule has 0 saturated carbocycles. The molecule has 0 amide bonds. The van der Waals surface area contributed by atoms with Crippen LogP contribution in [0.1, 0.15) is 24.1 Å². The van der Waals surface area contributed by atoms with E-state index in [9.17, 15) is 0 Å². The lowest BCUT2D eigenvalue weighted by Gasteiger charge is -2.17. The van der Waals surface area contributed by atoms with Gasteiger partial charge in [0.05, 0.1) is 13.3 Å².